The lowest BCUT2D eigenvalue weighted by Gasteiger charge is -2.13. The standard InChI is InChI=1S/C22H22N4OS/c1-14-9-15(2)21-16(10-14)11-17(12-23)22(25-21)28-13-20(27)24-18-5-7-19(8-6-18)26(3)4/h5-11H,13H2,1-4H3,(H,24,27). The maximum atomic E-state index is 12.3. The van der Waals surface area contributed by atoms with Gasteiger partial charge in [-0.25, -0.2) is 4.98 Å². The van der Waals surface area contributed by atoms with Gasteiger partial charge in [0, 0.05) is 30.9 Å². The van der Waals surface area contributed by atoms with Crippen molar-refractivity contribution < 1.29 is 4.79 Å². The Kier molecular flexibility index (Phi) is 5.86. The first-order chi connectivity index (χ1) is 13.4. The molecule has 0 unspecified atom stereocenters. The van der Waals surface area contributed by atoms with E-state index in [0.717, 1.165) is 33.4 Å². The molecule has 3 rings (SSSR count). The molecule has 3 aromatic rings. The summed E-state index contributed by atoms with van der Waals surface area (Å²) in [6, 6.07) is 15.8. The normalized spacial score (nSPS) is 10.5. The second-order valence-electron chi connectivity index (χ2n) is 6.88. The van der Waals surface area contributed by atoms with Gasteiger partial charge in [0.1, 0.15) is 11.1 Å². The minimum absolute atomic E-state index is 0.131. The van der Waals surface area contributed by atoms with Gasteiger partial charge in [0.15, 0.2) is 0 Å². The first-order valence-corrected chi connectivity index (χ1v) is 9.88. The summed E-state index contributed by atoms with van der Waals surface area (Å²) >= 11 is 1.28. The van der Waals surface area contributed by atoms with Crippen LogP contribution in [0.15, 0.2) is 47.5 Å². The van der Waals surface area contributed by atoms with Crippen molar-refractivity contribution in [3.05, 3.63) is 59.2 Å². The third-order valence-corrected chi connectivity index (χ3v) is 5.34. The van der Waals surface area contributed by atoms with E-state index in [4.69, 9.17) is 0 Å². The molecule has 5 nitrogen and oxygen atoms in total. The summed E-state index contributed by atoms with van der Waals surface area (Å²) in [5, 5.41) is 13.9. The lowest BCUT2D eigenvalue weighted by Crippen LogP contribution is -2.14. The van der Waals surface area contributed by atoms with E-state index in [1.165, 1.54) is 11.8 Å². The fraction of sp³-hybridized carbons (Fsp3) is 0.227. The number of carbonyl (C=O) groups excluding carboxylic acids is 1. The van der Waals surface area contributed by atoms with Gasteiger partial charge in [0.2, 0.25) is 5.91 Å². The van der Waals surface area contributed by atoms with Crippen LogP contribution in [-0.2, 0) is 4.79 Å². The van der Waals surface area contributed by atoms with Crippen LogP contribution in [0.3, 0.4) is 0 Å². The molecule has 1 N–H and O–H groups in total. The van der Waals surface area contributed by atoms with E-state index >= 15 is 0 Å². The predicted octanol–water partition coefficient (Wildman–Crippen LogP) is 4.52. The zero-order valence-electron chi connectivity index (χ0n) is 16.4. The van der Waals surface area contributed by atoms with Gasteiger partial charge in [-0.15, -0.1) is 0 Å². The van der Waals surface area contributed by atoms with Gasteiger partial charge >= 0.3 is 0 Å². The van der Waals surface area contributed by atoms with Gasteiger partial charge in [0.05, 0.1) is 16.8 Å². The molecule has 0 atom stereocenters. The zero-order valence-corrected chi connectivity index (χ0v) is 17.2. The van der Waals surface area contributed by atoms with Gasteiger partial charge in [-0.05, 0) is 55.8 Å². The van der Waals surface area contributed by atoms with E-state index in [9.17, 15) is 10.1 Å². The van der Waals surface area contributed by atoms with Gasteiger partial charge in [-0.2, -0.15) is 5.26 Å². The lowest BCUT2D eigenvalue weighted by atomic mass is 10.1. The third kappa shape index (κ3) is 4.44. The summed E-state index contributed by atoms with van der Waals surface area (Å²) in [7, 11) is 3.94. The van der Waals surface area contributed by atoms with Crippen molar-refractivity contribution >= 4 is 39.9 Å². The van der Waals surface area contributed by atoms with E-state index in [0.29, 0.717) is 10.6 Å². The van der Waals surface area contributed by atoms with E-state index in [1.54, 1.807) is 0 Å². The Bertz CT molecular complexity index is 1070. The fourth-order valence-corrected chi connectivity index (χ4v) is 3.75. The smallest absolute Gasteiger partial charge is 0.234 e. The number of carbonyl (C=O) groups is 1. The molecule has 1 heterocycles. The molecular formula is C22H22N4OS. The molecule has 28 heavy (non-hydrogen) atoms. The van der Waals surface area contributed by atoms with Crippen molar-refractivity contribution in [3.8, 4) is 6.07 Å². The van der Waals surface area contributed by atoms with E-state index in [-0.39, 0.29) is 11.7 Å². The maximum Gasteiger partial charge on any atom is 0.234 e. The number of nitrogens with zero attached hydrogens (tertiary/aromatic N) is 3. The predicted molar refractivity (Wildman–Crippen MR) is 116 cm³/mol. The molecular weight excluding hydrogens is 368 g/mol. The molecule has 0 radical (unpaired) electrons. The summed E-state index contributed by atoms with van der Waals surface area (Å²) in [5.41, 5.74) is 5.37. The number of anilines is 2. The number of amides is 1. The SMILES string of the molecule is Cc1cc(C)c2nc(SCC(=O)Nc3ccc(N(C)C)cc3)c(C#N)cc2c1. The maximum absolute atomic E-state index is 12.3. The van der Waals surface area contributed by atoms with Gasteiger partial charge in [-0.1, -0.05) is 23.4 Å². The molecule has 1 aromatic heterocycles. The quantitative estimate of drug-likeness (QED) is 0.649. The summed E-state index contributed by atoms with van der Waals surface area (Å²) in [4.78, 5) is 19.0. The van der Waals surface area contributed by atoms with Crippen LogP contribution in [0.25, 0.3) is 10.9 Å². The van der Waals surface area contributed by atoms with Crippen LogP contribution >= 0.6 is 11.8 Å². The van der Waals surface area contributed by atoms with Crippen LogP contribution in [0.2, 0.25) is 0 Å². The molecule has 0 spiro atoms. The number of thioether (sulfide) groups is 1. The van der Waals surface area contributed by atoms with Crippen LogP contribution in [0, 0.1) is 25.2 Å². The number of nitrogens with one attached hydrogen (secondary N) is 1. The van der Waals surface area contributed by atoms with E-state index < -0.39 is 0 Å². The van der Waals surface area contributed by atoms with Crippen molar-refractivity contribution in [2.45, 2.75) is 18.9 Å². The minimum atomic E-state index is -0.131. The topological polar surface area (TPSA) is 69.0 Å². The van der Waals surface area contributed by atoms with Crippen molar-refractivity contribution in [3.63, 3.8) is 0 Å². The second kappa shape index (κ2) is 8.32. The second-order valence-corrected chi connectivity index (χ2v) is 7.85. The Morgan fingerprint density at radius 3 is 2.54 bits per heavy atom. The Morgan fingerprint density at radius 2 is 1.89 bits per heavy atom. The van der Waals surface area contributed by atoms with Gasteiger partial charge in [0.25, 0.3) is 0 Å². The van der Waals surface area contributed by atoms with Crippen molar-refractivity contribution in [1.29, 1.82) is 5.26 Å². The van der Waals surface area contributed by atoms with Crippen molar-refractivity contribution in [2.75, 3.05) is 30.1 Å². The third-order valence-electron chi connectivity index (χ3n) is 4.35. The number of aryl methyl sites for hydroxylation is 2. The van der Waals surface area contributed by atoms with Gasteiger partial charge < -0.3 is 10.2 Å². The number of aromatic nitrogens is 1. The molecule has 1 amide bonds. The molecule has 6 heteroatoms. The molecule has 0 saturated carbocycles. The number of fused-ring (bicyclic) bond motifs is 1. The molecule has 2 aromatic carbocycles. The van der Waals surface area contributed by atoms with Crippen LogP contribution in [0.5, 0.6) is 0 Å². The molecule has 0 bridgehead atoms. The number of benzene rings is 2. The summed E-state index contributed by atoms with van der Waals surface area (Å²) in [6.45, 7) is 4.03. The van der Waals surface area contributed by atoms with E-state index in [1.807, 2.05) is 69.2 Å². The molecule has 0 saturated heterocycles. The highest BCUT2D eigenvalue weighted by molar-refractivity contribution is 8.00. The fourth-order valence-electron chi connectivity index (χ4n) is 3.00. The van der Waals surface area contributed by atoms with E-state index in [2.05, 4.69) is 22.4 Å². The average Bonchev–Trinajstić information content (AvgIpc) is 2.66. The number of hydrogen-bond acceptors (Lipinski definition) is 5. The Morgan fingerprint density at radius 1 is 1.18 bits per heavy atom. The van der Waals surface area contributed by atoms with Crippen molar-refractivity contribution in [2.24, 2.45) is 0 Å². The van der Waals surface area contributed by atoms with Crippen LogP contribution in [0.1, 0.15) is 16.7 Å². The summed E-state index contributed by atoms with van der Waals surface area (Å²) in [6.07, 6.45) is 0. The summed E-state index contributed by atoms with van der Waals surface area (Å²) in [5.74, 6) is 0.0575. The lowest BCUT2D eigenvalue weighted by molar-refractivity contribution is -0.113. The molecule has 142 valence electrons. The van der Waals surface area contributed by atoms with Crippen LogP contribution in [-0.4, -0.2) is 30.7 Å². The average molecular weight is 391 g/mol. The minimum Gasteiger partial charge on any atom is -0.378 e. The Hall–Kier alpha value is -3.04. The summed E-state index contributed by atoms with van der Waals surface area (Å²) < 4.78 is 0. The molecule has 0 aliphatic rings. The monoisotopic (exact) mass is 390 g/mol. The Labute approximate surface area is 169 Å². The molecule has 0 fully saturated rings. The van der Waals surface area contributed by atoms with Crippen LogP contribution < -0.4 is 10.2 Å². The molecule has 0 aliphatic heterocycles. The van der Waals surface area contributed by atoms with Crippen molar-refractivity contribution in [1.82, 2.24) is 4.98 Å². The van der Waals surface area contributed by atoms with Crippen LogP contribution in [0.4, 0.5) is 11.4 Å². The number of nitriles is 1. The molecule has 0 aliphatic carbocycles. The zero-order chi connectivity index (χ0) is 20.3. The number of pyridine rings is 1. The Balaban J connectivity index is 1.73. The largest absolute Gasteiger partial charge is 0.378 e. The number of hydrogen-bond donors (Lipinski definition) is 1. The first kappa shape index (κ1) is 19.7. The highest BCUT2D eigenvalue weighted by Gasteiger charge is 2.12. The van der Waals surface area contributed by atoms with Gasteiger partial charge in [-0.3, -0.25) is 4.79 Å². The highest BCUT2D eigenvalue weighted by Crippen LogP contribution is 2.27. The first-order valence-electron chi connectivity index (χ1n) is 8.89. The highest BCUT2D eigenvalue weighted by atomic mass is 32.2. The number of rotatable bonds is 5.